The fraction of sp³-hybridized carbons (Fsp3) is 0.154. The number of nitrogens with zero attached hydrogens (tertiary/aromatic N) is 1. The Labute approximate surface area is 199 Å². The third-order valence-electron chi connectivity index (χ3n) is 5.57. The Morgan fingerprint density at radius 1 is 1.09 bits per heavy atom. The number of fused-ring (bicyclic) bond motifs is 2. The van der Waals surface area contributed by atoms with Crippen molar-refractivity contribution in [2.45, 2.75) is 19.3 Å². The van der Waals surface area contributed by atoms with Crippen LogP contribution in [0.2, 0.25) is 0 Å². The van der Waals surface area contributed by atoms with E-state index in [-0.39, 0.29) is 5.76 Å². The molecule has 0 saturated heterocycles. The number of furan rings is 1. The number of amides is 2. The van der Waals surface area contributed by atoms with E-state index >= 15 is 0 Å². The minimum atomic E-state index is -0.736. The van der Waals surface area contributed by atoms with E-state index in [0.29, 0.717) is 22.9 Å². The minimum Gasteiger partial charge on any atom is -0.459 e. The smallest absolute Gasteiger partial charge is 0.339 e. The van der Waals surface area contributed by atoms with Crippen molar-refractivity contribution < 1.29 is 23.5 Å². The van der Waals surface area contributed by atoms with Crippen LogP contribution in [0.15, 0.2) is 64.6 Å². The topological polar surface area (TPSA) is 98.5 Å². The second kappa shape index (κ2) is 9.44. The van der Waals surface area contributed by atoms with Crippen molar-refractivity contribution in [1.82, 2.24) is 10.3 Å². The number of carbonyl (C=O) groups excluding carboxylic acids is 3. The molecule has 0 fully saturated rings. The van der Waals surface area contributed by atoms with Crippen LogP contribution in [0.5, 0.6) is 0 Å². The van der Waals surface area contributed by atoms with Crippen LogP contribution in [0, 0.1) is 0 Å². The zero-order valence-electron chi connectivity index (χ0n) is 18.1. The number of ether oxygens (including phenoxy) is 1. The number of allylic oxidation sites excluding steroid dienone is 1. The number of nitrogens with one attached hydrogen (secondary N) is 1. The van der Waals surface area contributed by atoms with Crippen molar-refractivity contribution in [2.75, 3.05) is 6.61 Å². The third kappa shape index (κ3) is 4.40. The molecule has 34 heavy (non-hydrogen) atoms. The fourth-order valence-electron chi connectivity index (χ4n) is 4.09. The Hall–Kier alpha value is -4.04. The summed E-state index contributed by atoms with van der Waals surface area (Å²) in [6, 6.07) is 14.4. The van der Waals surface area contributed by atoms with Gasteiger partial charge in [0.1, 0.15) is 0 Å². The average Bonchev–Trinajstić information content (AvgIpc) is 3.56. The van der Waals surface area contributed by atoms with Crippen LogP contribution in [0.1, 0.15) is 49.9 Å². The summed E-state index contributed by atoms with van der Waals surface area (Å²) in [4.78, 5) is 43.4. The van der Waals surface area contributed by atoms with E-state index in [1.54, 1.807) is 11.3 Å². The molecule has 3 aromatic heterocycles. The highest BCUT2D eigenvalue weighted by Gasteiger charge is 2.26. The van der Waals surface area contributed by atoms with Crippen molar-refractivity contribution in [1.29, 1.82) is 0 Å². The second-order valence-electron chi connectivity index (χ2n) is 7.80. The highest BCUT2D eigenvalue weighted by Crippen LogP contribution is 2.36. The molecule has 8 heteroatoms. The van der Waals surface area contributed by atoms with E-state index in [0.717, 1.165) is 34.5 Å². The molecule has 0 saturated carbocycles. The molecule has 0 atom stereocenters. The minimum absolute atomic E-state index is 0.000990. The summed E-state index contributed by atoms with van der Waals surface area (Å²) in [6.07, 6.45) is 5.87. The van der Waals surface area contributed by atoms with E-state index in [1.807, 2.05) is 41.8 Å². The largest absolute Gasteiger partial charge is 0.459 e. The molecule has 3 heterocycles. The predicted molar refractivity (Wildman–Crippen MR) is 128 cm³/mol. The Kier molecular flexibility index (Phi) is 6.05. The molecule has 1 aliphatic rings. The van der Waals surface area contributed by atoms with Gasteiger partial charge in [0.15, 0.2) is 12.4 Å². The van der Waals surface area contributed by atoms with Crippen molar-refractivity contribution in [3.05, 3.63) is 87.6 Å². The molecule has 0 unspecified atom stereocenters. The van der Waals surface area contributed by atoms with Crippen LogP contribution in [0.3, 0.4) is 0 Å². The number of para-hydroxylation sites is 1. The maximum atomic E-state index is 13.2. The zero-order chi connectivity index (χ0) is 23.5. The number of carbonyl (C=O) groups is 3. The van der Waals surface area contributed by atoms with Gasteiger partial charge in [0.05, 0.1) is 23.0 Å². The average molecular weight is 473 g/mol. The fourth-order valence-corrected chi connectivity index (χ4v) is 4.77. The first-order valence-electron chi connectivity index (χ1n) is 10.8. The van der Waals surface area contributed by atoms with Gasteiger partial charge in [-0.05, 0) is 66.1 Å². The van der Waals surface area contributed by atoms with Crippen LogP contribution in [0.25, 0.3) is 22.6 Å². The van der Waals surface area contributed by atoms with Gasteiger partial charge in [-0.25, -0.2) is 9.78 Å². The van der Waals surface area contributed by atoms with Gasteiger partial charge in [0.2, 0.25) is 0 Å². The molecule has 7 nitrogen and oxygen atoms in total. The standard InChI is InChI=1S/C26H20N2O5S/c29-22(28-25(30)21-11-4-12-32-21)15-33-26(31)23-18-8-1-2-10-20(18)27-24-16(6-3-9-19(23)24)14-17-7-5-13-34-17/h1-2,4-5,7-8,10-14H,3,6,9,15H2,(H,28,29,30)/b16-14+. The zero-order valence-corrected chi connectivity index (χ0v) is 18.9. The van der Waals surface area contributed by atoms with E-state index in [1.165, 1.54) is 18.4 Å². The molecule has 4 aromatic rings. The highest BCUT2D eigenvalue weighted by atomic mass is 32.1. The molecule has 170 valence electrons. The first-order chi connectivity index (χ1) is 16.6. The summed E-state index contributed by atoms with van der Waals surface area (Å²) in [6.45, 7) is -0.589. The Morgan fingerprint density at radius 3 is 2.76 bits per heavy atom. The number of thiophene rings is 1. The van der Waals surface area contributed by atoms with Crippen LogP contribution in [0.4, 0.5) is 0 Å². The molecule has 0 aliphatic heterocycles. The molecule has 1 aromatic carbocycles. The lowest BCUT2D eigenvalue weighted by molar-refractivity contribution is -0.123. The molecule has 1 N–H and O–H groups in total. The normalized spacial score (nSPS) is 14.1. The number of rotatable bonds is 5. The third-order valence-corrected chi connectivity index (χ3v) is 6.39. The van der Waals surface area contributed by atoms with E-state index in [4.69, 9.17) is 14.1 Å². The van der Waals surface area contributed by atoms with E-state index < -0.39 is 24.4 Å². The maximum Gasteiger partial charge on any atom is 0.339 e. The summed E-state index contributed by atoms with van der Waals surface area (Å²) >= 11 is 1.65. The summed E-state index contributed by atoms with van der Waals surface area (Å²) in [5.41, 5.74) is 3.80. The Bertz CT molecular complexity index is 1400. The van der Waals surface area contributed by atoms with Gasteiger partial charge >= 0.3 is 5.97 Å². The summed E-state index contributed by atoms with van der Waals surface area (Å²) in [5.74, 6) is -2.05. The van der Waals surface area contributed by atoms with Crippen molar-refractivity contribution >= 4 is 51.7 Å². The van der Waals surface area contributed by atoms with Gasteiger partial charge in [-0.2, -0.15) is 0 Å². The Morgan fingerprint density at radius 2 is 1.97 bits per heavy atom. The summed E-state index contributed by atoms with van der Waals surface area (Å²) < 4.78 is 10.3. The van der Waals surface area contributed by atoms with Crippen molar-refractivity contribution in [3.8, 4) is 0 Å². The molecule has 1 aliphatic carbocycles. The van der Waals surface area contributed by atoms with Gasteiger partial charge in [-0.1, -0.05) is 24.3 Å². The van der Waals surface area contributed by atoms with Crippen molar-refractivity contribution in [3.63, 3.8) is 0 Å². The van der Waals surface area contributed by atoms with Crippen LogP contribution in [-0.4, -0.2) is 29.4 Å². The molecular formula is C26H20N2O5S. The van der Waals surface area contributed by atoms with E-state index in [2.05, 4.69) is 11.4 Å². The molecular weight excluding hydrogens is 452 g/mol. The van der Waals surface area contributed by atoms with Gasteiger partial charge in [-0.3, -0.25) is 14.9 Å². The highest BCUT2D eigenvalue weighted by molar-refractivity contribution is 7.10. The quantitative estimate of drug-likeness (QED) is 0.416. The number of imide groups is 1. The monoisotopic (exact) mass is 472 g/mol. The predicted octanol–water partition coefficient (Wildman–Crippen LogP) is 4.88. The van der Waals surface area contributed by atoms with Crippen molar-refractivity contribution in [2.24, 2.45) is 0 Å². The lowest BCUT2D eigenvalue weighted by Crippen LogP contribution is -2.34. The number of esters is 1. The number of pyridine rings is 1. The van der Waals surface area contributed by atoms with Gasteiger partial charge in [0, 0.05) is 10.3 Å². The van der Waals surface area contributed by atoms with Crippen LogP contribution in [-0.2, 0) is 16.0 Å². The van der Waals surface area contributed by atoms with Crippen LogP contribution < -0.4 is 5.32 Å². The van der Waals surface area contributed by atoms with Gasteiger partial charge in [-0.15, -0.1) is 11.3 Å². The number of aromatic nitrogens is 1. The number of benzene rings is 1. The summed E-state index contributed by atoms with van der Waals surface area (Å²) in [7, 11) is 0. The van der Waals surface area contributed by atoms with Crippen LogP contribution >= 0.6 is 11.3 Å². The Balaban J connectivity index is 1.44. The SMILES string of the molecule is O=C(COC(=O)c1c2c(nc3ccccc13)/C(=C/c1cccs1)CCC2)NC(=O)c1ccco1. The maximum absolute atomic E-state index is 13.2. The lowest BCUT2D eigenvalue weighted by Gasteiger charge is -2.22. The number of hydrogen-bond acceptors (Lipinski definition) is 7. The molecule has 0 spiro atoms. The molecule has 0 bridgehead atoms. The van der Waals surface area contributed by atoms with Gasteiger partial charge in [0.25, 0.3) is 11.8 Å². The lowest BCUT2D eigenvalue weighted by atomic mass is 9.86. The van der Waals surface area contributed by atoms with Gasteiger partial charge < -0.3 is 9.15 Å². The second-order valence-corrected chi connectivity index (χ2v) is 8.78. The van der Waals surface area contributed by atoms with E-state index in [9.17, 15) is 14.4 Å². The first kappa shape index (κ1) is 21.8. The molecule has 5 rings (SSSR count). The number of hydrogen-bond donors (Lipinski definition) is 1. The molecule has 2 amide bonds. The summed E-state index contributed by atoms with van der Waals surface area (Å²) in [5, 5.41) is 4.85. The molecule has 0 radical (unpaired) electrons. The first-order valence-corrected chi connectivity index (χ1v) is 11.7.